The van der Waals surface area contributed by atoms with E-state index in [1.54, 1.807) is 13.0 Å². The summed E-state index contributed by atoms with van der Waals surface area (Å²) < 4.78 is 11.9. The van der Waals surface area contributed by atoms with Gasteiger partial charge in [-0.25, -0.2) is 4.79 Å². The van der Waals surface area contributed by atoms with Gasteiger partial charge in [0.1, 0.15) is 11.8 Å². The summed E-state index contributed by atoms with van der Waals surface area (Å²) >= 11 is 12.0. The predicted molar refractivity (Wildman–Crippen MR) is 129 cm³/mol. The minimum Gasteiger partial charge on any atom is -0.604 e. The second kappa shape index (κ2) is 9.87. The van der Waals surface area contributed by atoms with Crippen molar-refractivity contribution in [2.45, 2.75) is 64.9 Å². The van der Waals surface area contributed by atoms with Gasteiger partial charge in [-0.3, -0.25) is 14.4 Å². The van der Waals surface area contributed by atoms with Crippen LogP contribution in [0.15, 0.2) is 18.2 Å². The molecule has 5 atom stereocenters. The predicted octanol–water partition coefficient (Wildman–Crippen LogP) is 3.76. The second-order valence-corrected chi connectivity index (χ2v) is 10.9. The Labute approximate surface area is 209 Å². The van der Waals surface area contributed by atoms with Gasteiger partial charge in [-0.15, -0.1) is 0 Å². The molecule has 2 unspecified atom stereocenters. The third-order valence-corrected chi connectivity index (χ3v) is 7.99. The molecule has 2 fully saturated rings. The molecule has 8 nitrogen and oxygen atoms in total. The van der Waals surface area contributed by atoms with Crippen LogP contribution >= 0.6 is 23.2 Å². The van der Waals surface area contributed by atoms with Crippen molar-refractivity contribution in [2.75, 3.05) is 13.6 Å². The van der Waals surface area contributed by atoms with Crippen molar-refractivity contribution in [3.8, 4) is 0 Å². The van der Waals surface area contributed by atoms with E-state index in [0.717, 1.165) is 0 Å². The van der Waals surface area contributed by atoms with Gasteiger partial charge in [0, 0.05) is 12.1 Å². The molecule has 186 valence electrons. The Hall–Kier alpha value is -2.10. The molecule has 1 aromatic rings. The zero-order valence-corrected chi connectivity index (χ0v) is 21.6. The van der Waals surface area contributed by atoms with Gasteiger partial charge in [-0.1, -0.05) is 43.5 Å². The van der Waals surface area contributed by atoms with Gasteiger partial charge >= 0.3 is 12.7 Å². The standard InChI is InChI=1S/C23H31BCl2N2O6/c1-13(2)8-16(10-18(29)12-27-22(31)19-11-17(25)6-7-20(19)26)24-28(5,15(4)23(32)34-24)14(3)9-21(30)33-24/h6-7,11,13-16H,8-10,12H2,1-5H3,(H,27,31)/t14-,15+,16+,24?,28?/m0/s1. The van der Waals surface area contributed by atoms with E-state index in [2.05, 4.69) is 5.32 Å². The van der Waals surface area contributed by atoms with E-state index < -0.39 is 36.4 Å². The highest BCUT2D eigenvalue weighted by Gasteiger charge is 2.70. The Balaban J connectivity index is 1.83. The molecular weight excluding hydrogens is 482 g/mol. The minimum absolute atomic E-state index is 0.0183. The highest BCUT2D eigenvalue weighted by atomic mass is 35.5. The van der Waals surface area contributed by atoms with Crippen LogP contribution in [0, 0.1) is 5.92 Å². The first-order valence-corrected chi connectivity index (χ1v) is 12.3. The molecule has 0 saturated carbocycles. The lowest BCUT2D eigenvalue weighted by molar-refractivity contribution is -0.861. The fraction of sp³-hybridized carbons (Fsp3) is 0.565. The number of rotatable bonds is 8. The number of halogens is 2. The van der Waals surface area contributed by atoms with Crippen molar-refractivity contribution in [3.63, 3.8) is 0 Å². The lowest BCUT2D eigenvalue weighted by Crippen LogP contribution is -2.76. The highest BCUT2D eigenvalue weighted by molar-refractivity contribution is 6.67. The Bertz CT molecular complexity index is 1020. The number of Topliss-reactive ketones (excluding diaryl/α,β-unsaturated/α-hetero) is 1. The molecule has 0 aromatic heterocycles. The lowest BCUT2D eigenvalue weighted by Gasteiger charge is -2.59. The van der Waals surface area contributed by atoms with Gasteiger partial charge in [0.05, 0.1) is 29.6 Å². The van der Waals surface area contributed by atoms with E-state index in [1.807, 2.05) is 27.8 Å². The van der Waals surface area contributed by atoms with Crippen LogP contribution < -0.4 is 5.32 Å². The van der Waals surface area contributed by atoms with Crippen LogP contribution in [0.2, 0.25) is 15.9 Å². The van der Waals surface area contributed by atoms with E-state index in [0.29, 0.717) is 11.4 Å². The summed E-state index contributed by atoms with van der Waals surface area (Å²) in [4.78, 5) is 50.8. The highest BCUT2D eigenvalue weighted by Crippen LogP contribution is 2.49. The largest absolute Gasteiger partial charge is 0.604 e. The summed E-state index contributed by atoms with van der Waals surface area (Å²) in [6.45, 7) is 4.93. The molecule has 34 heavy (non-hydrogen) atoms. The van der Waals surface area contributed by atoms with Gasteiger partial charge < -0.3 is 19.0 Å². The summed E-state index contributed by atoms with van der Waals surface area (Å²) in [7, 11) is 1.87. The number of carbonyl (C=O) groups is 4. The number of carbonyl (C=O) groups excluding carboxylic acids is 4. The van der Waals surface area contributed by atoms with Crippen LogP contribution in [0.5, 0.6) is 0 Å². The van der Waals surface area contributed by atoms with Crippen LogP contribution in [-0.4, -0.2) is 60.4 Å². The maximum Gasteiger partial charge on any atom is 0.587 e. The van der Waals surface area contributed by atoms with Crippen LogP contribution in [0.3, 0.4) is 0 Å². The summed E-state index contributed by atoms with van der Waals surface area (Å²) in [5.74, 6) is -2.05. The molecule has 2 aliphatic rings. The number of ketones is 1. The third-order valence-electron chi connectivity index (χ3n) is 7.43. The Morgan fingerprint density at radius 2 is 1.88 bits per heavy atom. The number of benzene rings is 1. The number of hydrogen-bond donors (Lipinski definition) is 1. The molecule has 11 heteroatoms. The van der Waals surface area contributed by atoms with E-state index in [-0.39, 0.29) is 52.1 Å². The van der Waals surface area contributed by atoms with Gasteiger partial charge in [0.2, 0.25) is 0 Å². The first kappa shape index (κ1) is 26.5. The van der Waals surface area contributed by atoms with Gasteiger partial charge in [0.15, 0.2) is 0 Å². The van der Waals surface area contributed by atoms with Crippen molar-refractivity contribution in [1.82, 2.24) is 5.32 Å². The van der Waals surface area contributed by atoms with Crippen molar-refractivity contribution < 1.29 is 32.9 Å². The molecule has 0 aliphatic carbocycles. The number of fused-ring (bicyclic) bond motifs is 1. The summed E-state index contributed by atoms with van der Waals surface area (Å²) in [5.41, 5.74) is 0.168. The lowest BCUT2D eigenvalue weighted by atomic mass is 9.49. The van der Waals surface area contributed by atoms with E-state index in [1.165, 1.54) is 12.1 Å². The summed E-state index contributed by atoms with van der Waals surface area (Å²) in [6.07, 6.45) is 0.656. The molecule has 0 bridgehead atoms. The maximum absolute atomic E-state index is 13.0. The number of nitrogens with one attached hydrogen (secondary N) is 1. The third kappa shape index (κ3) is 4.70. The van der Waals surface area contributed by atoms with E-state index in [4.69, 9.17) is 32.5 Å². The van der Waals surface area contributed by atoms with E-state index >= 15 is 0 Å². The molecule has 1 N–H and O–H groups in total. The molecule has 2 heterocycles. The molecule has 2 saturated heterocycles. The fourth-order valence-electron chi connectivity index (χ4n) is 5.43. The van der Waals surface area contributed by atoms with Crippen LogP contribution in [-0.2, 0) is 23.7 Å². The molecule has 1 aromatic carbocycles. The molecule has 3 rings (SSSR count). The molecular formula is C23H31BCl2N2O6. The average Bonchev–Trinajstić information content (AvgIpc) is 2.95. The Morgan fingerprint density at radius 1 is 1.21 bits per heavy atom. The normalized spacial score (nSPS) is 29.3. The van der Waals surface area contributed by atoms with Gasteiger partial charge in [-0.2, -0.15) is 0 Å². The minimum atomic E-state index is -2.47. The van der Waals surface area contributed by atoms with Crippen LogP contribution in [0.1, 0.15) is 57.3 Å². The summed E-state index contributed by atoms with van der Waals surface area (Å²) in [5, 5.41) is 3.15. The quantitative estimate of drug-likeness (QED) is 0.532. The molecule has 0 spiro atoms. The van der Waals surface area contributed by atoms with Crippen LogP contribution in [0.25, 0.3) is 0 Å². The Morgan fingerprint density at radius 3 is 2.53 bits per heavy atom. The fourth-order valence-corrected chi connectivity index (χ4v) is 5.81. The zero-order chi connectivity index (χ0) is 25.4. The average molecular weight is 513 g/mol. The second-order valence-electron chi connectivity index (χ2n) is 10.0. The van der Waals surface area contributed by atoms with Crippen LogP contribution in [0.4, 0.5) is 0 Å². The van der Waals surface area contributed by atoms with Crippen molar-refractivity contribution in [1.29, 1.82) is 0 Å². The maximum atomic E-state index is 13.0. The molecule has 1 amide bonds. The molecule has 2 aliphatic heterocycles. The monoisotopic (exact) mass is 512 g/mol. The Kier molecular flexibility index (Phi) is 7.70. The van der Waals surface area contributed by atoms with Crippen molar-refractivity contribution in [2.24, 2.45) is 5.92 Å². The number of likely N-dealkylation sites (N-methyl/N-ethyl adjacent to an activating group) is 1. The van der Waals surface area contributed by atoms with Gasteiger partial charge in [0.25, 0.3) is 11.9 Å². The number of nitrogens with zero attached hydrogens (tertiary/aromatic N) is 1. The van der Waals surface area contributed by atoms with Crippen molar-refractivity contribution in [3.05, 3.63) is 33.8 Å². The number of hydrogen-bond acceptors (Lipinski definition) is 6. The summed E-state index contributed by atoms with van der Waals surface area (Å²) in [6, 6.07) is 3.76. The smallest absolute Gasteiger partial charge is 0.587 e. The first-order valence-electron chi connectivity index (χ1n) is 11.5. The molecule has 0 radical (unpaired) electrons. The van der Waals surface area contributed by atoms with Crippen molar-refractivity contribution >= 4 is 53.5 Å². The first-order chi connectivity index (χ1) is 15.8. The number of amides is 1. The zero-order valence-electron chi connectivity index (χ0n) is 20.1. The topological polar surface area (TPSA) is 98.8 Å². The van der Waals surface area contributed by atoms with Gasteiger partial charge in [-0.05, 0) is 50.2 Å². The SMILES string of the molecule is CC(C)C[C@H](CC(=O)CNC(=O)c1cc(Cl)ccc1Cl)[B-]12OC(=O)C[C@H](C)[N+]1(C)[C@H](C)C(=O)O2. The number of quaternary nitrogens is 1. The van der Waals surface area contributed by atoms with E-state index in [9.17, 15) is 19.2 Å².